The Bertz CT molecular complexity index is 599. The van der Waals surface area contributed by atoms with Gasteiger partial charge < -0.3 is 5.32 Å². The van der Waals surface area contributed by atoms with E-state index in [0.29, 0.717) is 5.92 Å². The van der Waals surface area contributed by atoms with Gasteiger partial charge in [-0.05, 0) is 39.9 Å². The van der Waals surface area contributed by atoms with E-state index >= 15 is 0 Å². The molecule has 0 spiro atoms. The van der Waals surface area contributed by atoms with Crippen LogP contribution in [0.3, 0.4) is 0 Å². The van der Waals surface area contributed by atoms with Crippen molar-refractivity contribution in [3.63, 3.8) is 0 Å². The Morgan fingerprint density at radius 3 is 2.33 bits per heavy atom. The SMILES string of the molecule is CC(C)CC(Nc1cc(F)c(Br)cc1F)c1ccccc1. The van der Waals surface area contributed by atoms with Crippen molar-refractivity contribution in [3.8, 4) is 0 Å². The molecule has 0 aromatic heterocycles. The summed E-state index contributed by atoms with van der Waals surface area (Å²) < 4.78 is 27.7. The Kier molecular flexibility index (Phi) is 5.34. The van der Waals surface area contributed by atoms with Gasteiger partial charge in [-0.3, -0.25) is 0 Å². The molecule has 1 nitrogen and oxygen atoms in total. The van der Waals surface area contributed by atoms with E-state index in [1.807, 2.05) is 30.3 Å². The lowest BCUT2D eigenvalue weighted by molar-refractivity contribution is 0.526. The van der Waals surface area contributed by atoms with Crippen LogP contribution in [0.4, 0.5) is 14.5 Å². The molecular formula is C17H18BrF2N. The van der Waals surface area contributed by atoms with Crippen LogP contribution < -0.4 is 5.32 Å². The molecule has 0 saturated carbocycles. The molecule has 0 bridgehead atoms. The highest BCUT2D eigenvalue weighted by molar-refractivity contribution is 9.10. The van der Waals surface area contributed by atoms with Crippen LogP contribution in [0.5, 0.6) is 0 Å². The Labute approximate surface area is 132 Å². The molecule has 0 aliphatic heterocycles. The van der Waals surface area contributed by atoms with Crippen molar-refractivity contribution in [2.45, 2.75) is 26.3 Å². The number of hydrogen-bond donors (Lipinski definition) is 1. The maximum atomic E-state index is 14.0. The first-order valence-corrected chi connectivity index (χ1v) is 7.72. The third-order valence-corrected chi connectivity index (χ3v) is 3.86. The van der Waals surface area contributed by atoms with E-state index in [1.165, 1.54) is 6.07 Å². The average Bonchev–Trinajstić information content (AvgIpc) is 2.44. The minimum Gasteiger partial charge on any atom is -0.376 e. The van der Waals surface area contributed by atoms with E-state index in [1.54, 1.807) is 0 Å². The van der Waals surface area contributed by atoms with Gasteiger partial charge >= 0.3 is 0 Å². The second-order valence-electron chi connectivity index (χ2n) is 5.48. The zero-order chi connectivity index (χ0) is 15.4. The van der Waals surface area contributed by atoms with Crippen LogP contribution in [-0.4, -0.2) is 0 Å². The van der Waals surface area contributed by atoms with Crippen molar-refractivity contribution in [2.24, 2.45) is 5.92 Å². The summed E-state index contributed by atoms with van der Waals surface area (Å²) in [6.07, 6.45) is 0.834. The molecule has 1 N–H and O–H groups in total. The van der Waals surface area contributed by atoms with Gasteiger partial charge in [0.2, 0.25) is 0 Å². The summed E-state index contributed by atoms with van der Waals surface area (Å²) in [7, 11) is 0. The van der Waals surface area contributed by atoms with Crippen LogP contribution in [0.15, 0.2) is 46.9 Å². The number of hydrogen-bond acceptors (Lipinski definition) is 1. The summed E-state index contributed by atoms with van der Waals surface area (Å²) in [5.74, 6) is -0.505. The largest absolute Gasteiger partial charge is 0.376 e. The van der Waals surface area contributed by atoms with E-state index in [-0.39, 0.29) is 16.2 Å². The fourth-order valence-electron chi connectivity index (χ4n) is 2.26. The Morgan fingerprint density at radius 1 is 1.05 bits per heavy atom. The highest BCUT2D eigenvalue weighted by Crippen LogP contribution is 2.29. The first-order valence-electron chi connectivity index (χ1n) is 6.93. The predicted molar refractivity (Wildman–Crippen MR) is 86.3 cm³/mol. The second-order valence-corrected chi connectivity index (χ2v) is 6.34. The van der Waals surface area contributed by atoms with Gasteiger partial charge in [-0.1, -0.05) is 44.2 Å². The van der Waals surface area contributed by atoms with Crippen molar-refractivity contribution in [1.29, 1.82) is 0 Å². The maximum Gasteiger partial charge on any atom is 0.147 e. The molecule has 4 heteroatoms. The van der Waals surface area contributed by atoms with Crippen LogP contribution in [-0.2, 0) is 0 Å². The minimum absolute atomic E-state index is 0.0544. The molecule has 0 heterocycles. The molecule has 112 valence electrons. The summed E-state index contributed by atoms with van der Waals surface area (Å²) >= 11 is 2.99. The first-order chi connectivity index (χ1) is 9.97. The van der Waals surface area contributed by atoms with Gasteiger partial charge in [0.15, 0.2) is 0 Å². The molecule has 0 fully saturated rings. The molecule has 2 aromatic carbocycles. The Balaban J connectivity index is 2.29. The average molecular weight is 354 g/mol. The van der Waals surface area contributed by atoms with Gasteiger partial charge in [0, 0.05) is 6.07 Å². The molecule has 0 amide bonds. The van der Waals surface area contributed by atoms with E-state index in [9.17, 15) is 8.78 Å². The minimum atomic E-state index is -0.477. The Hall–Kier alpha value is -1.42. The lowest BCUT2D eigenvalue weighted by Gasteiger charge is -2.23. The number of nitrogens with one attached hydrogen (secondary N) is 1. The van der Waals surface area contributed by atoms with Crippen LogP contribution in [0.1, 0.15) is 31.9 Å². The fourth-order valence-corrected chi connectivity index (χ4v) is 2.57. The lowest BCUT2D eigenvalue weighted by Crippen LogP contribution is -2.14. The van der Waals surface area contributed by atoms with Gasteiger partial charge in [-0.25, -0.2) is 8.78 Å². The summed E-state index contributed by atoms with van der Waals surface area (Å²) in [6.45, 7) is 4.21. The standard InChI is InChI=1S/C17H18BrF2N/c1-11(2)8-16(12-6-4-3-5-7-12)21-17-10-14(19)13(18)9-15(17)20/h3-7,9-11,16,21H,8H2,1-2H3. The van der Waals surface area contributed by atoms with Crippen molar-refractivity contribution in [3.05, 3.63) is 64.1 Å². The molecule has 2 rings (SSSR count). The van der Waals surface area contributed by atoms with Gasteiger partial charge in [-0.2, -0.15) is 0 Å². The quantitative estimate of drug-likeness (QED) is 0.657. The van der Waals surface area contributed by atoms with Crippen LogP contribution in [0, 0.1) is 17.6 Å². The zero-order valence-electron chi connectivity index (χ0n) is 12.0. The maximum absolute atomic E-state index is 14.0. The monoisotopic (exact) mass is 353 g/mol. The molecule has 1 unspecified atom stereocenters. The third kappa shape index (κ3) is 4.27. The third-order valence-electron chi connectivity index (χ3n) is 3.25. The number of benzene rings is 2. The van der Waals surface area contributed by atoms with E-state index in [2.05, 4.69) is 35.1 Å². The Morgan fingerprint density at radius 2 is 1.71 bits per heavy atom. The summed E-state index contributed by atoms with van der Waals surface area (Å²) in [5.41, 5.74) is 1.25. The van der Waals surface area contributed by atoms with E-state index in [0.717, 1.165) is 18.1 Å². The normalized spacial score (nSPS) is 12.5. The van der Waals surface area contributed by atoms with Gasteiger partial charge in [-0.15, -0.1) is 0 Å². The van der Waals surface area contributed by atoms with Crippen molar-refractivity contribution in [1.82, 2.24) is 0 Å². The fraction of sp³-hybridized carbons (Fsp3) is 0.294. The zero-order valence-corrected chi connectivity index (χ0v) is 13.6. The number of halogens is 3. The van der Waals surface area contributed by atoms with Crippen LogP contribution in [0.25, 0.3) is 0 Å². The van der Waals surface area contributed by atoms with Gasteiger partial charge in [0.05, 0.1) is 16.2 Å². The second kappa shape index (κ2) is 7.03. The lowest BCUT2D eigenvalue weighted by atomic mass is 9.96. The van der Waals surface area contributed by atoms with Crippen molar-refractivity contribution >= 4 is 21.6 Å². The molecule has 2 aromatic rings. The number of anilines is 1. The predicted octanol–water partition coefficient (Wildman–Crippen LogP) is 5.93. The first kappa shape index (κ1) is 16.0. The van der Waals surface area contributed by atoms with Crippen molar-refractivity contribution < 1.29 is 8.78 Å². The summed E-state index contributed by atoms with van der Waals surface area (Å²) in [5, 5.41) is 3.13. The summed E-state index contributed by atoms with van der Waals surface area (Å²) in [4.78, 5) is 0. The van der Waals surface area contributed by atoms with E-state index in [4.69, 9.17) is 0 Å². The molecule has 0 aliphatic carbocycles. The molecule has 1 atom stereocenters. The van der Waals surface area contributed by atoms with Crippen molar-refractivity contribution in [2.75, 3.05) is 5.32 Å². The molecule has 0 saturated heterocycles. The highest BCUT2D eigenvalue weighted by atomic mass is 79.9. The molecular weight excluding hydrogens is 336 g/mol. The van der Waals surface area contributed by atoms with Gasteiger partial charge in [0.1, 0.15) is 11.6 Å². The molecule has 21 heavy (non-hydrogen) atoms. The van der Waals surface area contributed by atoms with Crippen LogP contribution >= 0.6 is 15.9 Å². The smallest absolute Gasteiger partial charge is 0.147 e. The molecule has 0 aliphatic rings. The molecule has 0 radical (unpaired) electrons. The summed E-state index contributed by atoms with van der Waals surface area (Å²) in [6, 6.07) is 12.1. The van der Waals surface area contributed by atoms with E-state index < -0.39 is 11.6 Å². The van der Waals surface area contributed by atoms with Crippen LogP contribution in [0.2, 0.25) is 0 Å². The highest BCUT2D eigenvalue weighted by Gasteiger charge is 2.16. The topological polar surface area (TPSA) is 12.0 Å². The number of rotatable bonds is 5. The van der Waals surface area contributed by atoms with Gasteiger partial charge in [0.25, 0.3) is 0 Å².